The molecule has 6 heteroatoms. The summed E-state index contributed by atoms with van der Waals surface area (Å²) in [6, 6.07) is 7.22. The summed E-state index contributed by atoms with van der Waals surface area (Å²) in [7, 11) is 0. The van der Waals surface area contributed by atoms with Crippen LogP contribution in [-0.2, 0) is 6.54 Å². The molecule has 0 unspecified atom stereocenters. The molecule has 0 aliphatic heterocycles. The second-order valence-corrected chi connectivity index (χ2v) is 4.75. The molecule has 0 atom stereocenters. The average molecular weight is 317 g/mol. The van der Waals surface area contributed by atoms with Gasteiger partial charge in [0.2, 0.25) is 0 Å². The highest BCUT2D eigenvalue weighted by molar-refractivity contribution is 9.10. The molecular formula is C11H11BrClN3O. The maximum Gasteiger partial charge on any atom is 0.145 e. The Kier molecular flexibility index (Phi) is 3.91. The SMILES string of the molecule is Nc1ccn(CCOc2cc(Br)ccc2Cl)n1. The highest BCUT2D eigenvalue weighted by atomic mass is 79.9. The van der Waals surface area contributed by atoms with Crippen molar-refractivity contribution in [3.63, 3.8) is 0 Å². The van der Waals surface area contributed by atoms with E-state index in [1.807, 2.05) is 12.1 Å². The summed E-state index contributed by atoms with van der Waals surface area (Å²) in [4.78, 5) is 0. The van der Waals surface area contributed by atoms with Crippen LogP contribution in [-0.4, -0.2) is 16.4 Å². The van der Waals surface area contributed by atoms with E-state index < -0.39 is 0 Å². The van der Waals surface area contributed by atoms with Crippen LogP contribution in [0.5, 0.6) is 5.75 Å². The number of hydrogen-bond donors (Lipinski definition) is 1. The Labute approximate surface area is 112 Å². The van der Waals surface area contributed by atoms with E-state index in [0.29, 0.717) is 29.7 Å². The molecule has 0 amide bonds. The van der Waals surface area contributed by atoms with Gasteiger partial charge in [0, 0.05) is 10.7 Å². The van der Waals surface area contributed by atoms with Gasteiger partial charge in [-0.2, -0.15) is 5.10 Å². The number of anilines is 1. The van der Waals surface area contributed by atoms with Crippen LogP contribution in [0.3, 0.4) is 0 Å². The number of benzene rings is 1. The monoisotopic (exact) mass is 315 g/mol. The second-order valence-electron chi connectivity index (χ2n) is 3.43. The predicted octanol–water partition coefficient (Wildman–Crippen LogP) is 2.96. The maximum absolute atomic E-state index is 5.99. The quantitative estimate of drug-likeness (QED) is 0.943. The molecule has 0 saturated carbocycles. The molecule has 2 rings (SSSR count). The molecule has 0 spiro atoms. The third-order valence-corrected chi connectivity index (χ3v) is 2.94. The fourth-order valence-electron chi connectivity index (χ4n) is 1.34. The van der Waals surface area contributed by atoms with Gasteiger partial charge in [-0.1, -0.05) is 27.5 Å². The molecule has 1 heterocycles. The summed E-state index contributed by atoms with van der Waals surface area (Å²) < 4.78 is 8.22. The van der Waals surface area contributed by atoms with Gasteiger partial charge >= 0.3 is 0 Å². The Hall–Kier alpha value is -1.20. The molecule has 4 nitrogen and oxygen atoms in total. The van der Waals surface area contributed by atoms with E-state index in [0.717, 1.165) is 4.47 Å². The minimum atomic E-state index is 0.483. The van der Waals surface area contributed by atoms with Gasteiger partial charge in [-0.15, -0.1) is 0 Å². The maximum atomic E-state index is 5.99. The van der Waals surface area contributed by atoms with Gasteiger partial charge in [0.25, 0.3) is 0 Å². The minimum Gasteiger partial charge on any atom is -0.490 e. The van der Waals surface area contributed by atoms with Gasteiger partial charge in [0.05, 0.1) is 11.6 Å². The van der Waals surface area contributed by atoms with Gasteiger partial charge in [0.15, 0.2) is 0 Å². The molecule has 0 saturated heterocycles. The van der Waals surface area contributed by atoms with Gasteiger partial charge in [-0.3, -0.25) is 4.68 Å². The molecule has 2 N–H and O–H groups in total. The molecule has 2 aromatic rings. The lowest BCUT2D eigenvalue weighted by molar-refractivity contribution is 0.291. The van der Waals surface area contributed by atoms with Crippen molar-refractivity contribution >= 4 is 33.3 Å². The molecule has 0 aliphatic rings. The smallest absolute Gasteiger partial charge is 0.145 e. The average Bonchev–Trinajstić information content (AvgIpc) is 2.69. The van der Waals surface area contributed by atoms with E-state index in [4.69, 9.17) is 22.1 Å². The minimum absolute atomic E-state index is 0.483. The fourth-order valence-corrected chi connectivity index (χ4v) is 1.85. The van der Waals surface area contributed by atoms with Crippen molar-refractivity contribution < 1.29 is 4.74 Å². The number of rotatable bonds is 4. The lowest BCUT2D eigenvalue weighted by Crippen LogP contribution is -2.09. The Morgan fingerprint density at radius 1 is 1.41 bits per heavy atom. The third kappa shape index (κ3) is 3.38. The summed E-state index contributed by atoms with van der Waals surface area (Å²) in [5, 5.41) is 4.64. The number of aromatic nitrogens is 2. The topological polar surface area (TPSA) is 53.1 Å². The molecule has 17 heavy (non-hydrogen) atoms. The number of nitrogens with zero attached hydrogens (tertiary/aromatic N) is 2. The van der Waals surface area contributed by atoms with Crippen molar-refractivity contribution in [1.82, 2.24) is 9.78 Å². The van der Waals surface area contributed by atoms with Crippen molar-refractivity contribution in [3.8, 4) is 5.75 Å². The lowest BCUT2D eigenvalue weighted by Gasteiger charge is -2.08. The molecule has 0 bridgehead atoms. The lowest BCUT2D eigenvalue weighted by atomic mass is 10.3. The fraction of sp³-hybridized carbons (Fsp3) is 0.182. The highest BCUT2D eigenvalue weighted by Gasteiger charge is 2.02. The van der Waals surface area contributed by atoms with E-state index >= 15 is 0 Å². The van der Waals surface area contributed by atoms with E-state index in [-0.39, 0.29) is 0 Å². The van der Waals surface area contributed by atoms with E-state index in [9.17, 15) is 0 Å². The normalized spacial score (nSPS) is 10.5. The Bertz CT molecular complexity index is 515. The number of ether oxygens (including phenoxy) is 1. The van der Waals surface area contributed by atoms with Crippen LogP contribution < -0.4 is 10.5 Å². The van der Waals surface area contributed by atoms with Crippen LogP contribution in [0, 0.1) is 0 Å². The third-order valence-electron chi connectivity index (χ3n) is 2.13. The second kappa shape index (κ2) is 5.42. The number of hydrogen-bond acceptors (Lipinski definition) is 3. The molecule has 0 aliphatic carbocycles. The van der Waals surface area contributed by atoms with Crippen LogP contribution >= 0.6 is 27.5 Å². The van der Waals surface area contributed by atoms with Crippen molar-refractivity contribution in [3.05, 3.63) is 40.0 Å². The van der Waals surface area contributed by atoms with Crippen LogP contribution in [0.2, 0.25) is 5.02 Å². The van der Waals surface area contributed by atoms with E-state index in [1.165, 1.54) is 0 Å². The highest BCUT2D eigenvalue weighted by Crippen LogP contribution is 2.27. The molecular weight excluding hydrogens is 305 g/mol. The number of nitrogens with two attached hydrogens (primary N) is 1. The van der Waals surface area contributed by atoms with Crippen LogP contribution in [0.4, 0.5) is 5.82 Å². The van der Waals surface area contributed by atoms with Gasteiger partial charge < -0.3 is 10.5 Å². The molecule has 0 fully saturated rings. The van der Waals surface area contributed by atoms with Gasteiger partial charge in [-0.25, -0.2) is 0 Å². The number of halogens is 2. The van der Waals surface area contributed by atoms with Crippen molar-refractivity contribution in [2.45, 2.75) is 6.54 Å². The van der Waals surface area contributed by atoms with Crippen LogP contribution in [0.25, 0.3) is 0 Å². The molecule has 0 radical (unpaired) electrons. The van der Waals surface area contributed by atoms with Crippen LogP contribution in [0.1, 0.15) is 0 Å². The zero-order valence-electron chi connectivity index (χ0n) is 8.94. The van der Waals surface area contributed by atoms with Gasteiger partial charge in [0.1, 0.15) is 18.2 Å². The largest absolute Gasteiger partial charge is 0.490 e. The first kappa shape index (κ1) is 12.3. The van der Waals surface area contributed by atoms with E-state index in [2.05, 4.69) is 21.0 Å². The Morgan fingerprint density at radius 2 is 2.24 bits per heavy atom. The predicted molar refractivity (Wildman–Crippen MR) is 71.3 cm³/mol. The summed E-state index contributed by atoms with van der Waals surface area (Å²) in [5.41, 5.74) is 5.51. The van der Waals surface area contributed by atoms with Crippen molar-refractivity contribution in [2.75, 3.05) is 12.3 Å². The summed E-state index contributed by atoms with van der Waals surface area (Å²) in [6.45, 7) is 1.11. The standard InChI is InChI=1S/C11H11BrClN3O/c12-8-1-2-9(13)10(7-8)17-6-5-16-4-3-11(14)15-16/h1-4,7H,5-6H2,(H2,14,15). The van der Waals surface area contributed by atoms with Gasteiger partial charge in [-0.05, 0) is 24.3 Å². The first-order valence-electron chi connectivity index (χ1n) is 5.02. The first-order chi connectivity index (χ1) is 8.15. The summed E-state index contributed by atoms with van der Waals surface area (Å²) in [6.07, 6.45) is 1.81. The van der Waals surface area contributed by atoms with Crippen molar-refractivity contribution in [2.24, 2.45) is 0 Å². The Morgan fingerprint density at radius 3 is 2.94 bits per heavy atom. The molecule has 90 valence electrons. The number of nitrogen functional groups attached to an aromatic ring is 1. The first-order valence-corrected chi connectivity index (χ1v) is 6.19. The zero-order chi connectivity index (χ0) is 12.3. The van der Waals surface area contributed by atoms with E-state index in [1.54, 1.807) is 23.0 Å². The zero-order valence-corrected chi connectivity index (χ0v) is 11.3. The van der Waals surface area contributed by atoms with Crippen LogP contribution in [0.15, 0.2) is 34.9 Å². The van der Waals surface area contributed by atoms with Crippen molar-refractivity contribution in [1.29, 1.82) is 0 Å². The molecule has 1 aromatic heterocycles. The Balaban J connectivity index is 1.91. The summed E-state index contributed by atoms with van der Waals surface area (Å²) >= 11 is 9.36. The molecule has 1 aromatic carbocycles. The summed E-state index contributed by atoms with van der Waals surface area (Å²) in [5.74, 6) is 1.16.